The van der Waals surface area contributed by atoms with Crippen LogP contribution in [0.5, 0.6) is 0 Å². The van der Waals surface area contributed by atoms with Crippen LogP contribution in [-0.4, -0.2) is 24.1 Å². The molecule has 0 unspecified atom stereocenters. The van der Waals surface area contributed by atoms with E-state index in [2.05, 4.69) is 87.5 Å². The van der Waals surface area contributed by atoms with Crippen molar-refractivity contribution in [2.45, 2.75) is 59.9 Å². The van der Waals surface area contributed by atoms with E-state index in [1.54, 1.807) is 0 Å². The van der Waals surface area contributed by atoms with Crippen molar-refractivity contribution in [2.24, 2.45) is 4.99 Å². The van der Waals surface area contributed by atoms with Gasteiger partial charge >= 0.3 is 0 Å². The van der Waals surface area contributed by atoms with Gasteiger partial charge in [0.25, 0.3) is 0 Å². The van der Waals surface area contributed by atoms with Crippen LogP contribution in [0.25, 0.3) is 6.08 Å². The van der Waals surface area contributed by atoms with Crippen molar-refractivity contribution in [1.29, 1.82) is 0 Å². The Hall–Kier alpha value is -3.98. The Labute approximate surface area is 237 Å². The average Bonchev–Trinajstić information content (AvgIpc) is 2.96. The van der Waals surface area contributed by atoms with Crippen molar-refractivity contribution in [2.75, 3.05) is 7.05 Å². The molecule has 0 aliphatic heterocycles. The number of aliphatic imine (C=N–C) groups is 1. The van der Waals surface area contributed by atoms with Crippen LogP contribution in [0.2, 0.25) is 0 Å². The van der Waals surface area contributed by atoms with Gasteiger partial charge in [0, 0.05) is 18.3 Å². The monoisotopic (exact) mass is 522 g/mol. The summed E-state index contributed by atoms with van der Waals surface area (Å²) in [5, 5.41) is 0. The molecule has 0 fully saturated rings. The van der Waals surface area contributed by atoms with Crippen molar-refractivity contribution in [3.8, 4) is 0 Å². The number of hydrogen-bond donors (Lipinski definition) is 0. The third-order valence-electron chi connectivity index (χ3n) is 5.83. The molecule has 0 N–H and O–H groups in total. The number of carbonyl (C=O) groups excluding carboxylic acids is 1. The second-order valence-electron chi connectivity index (χ2n) is 9.51. The average molecular weight is 523 g/mol. The molecule has 39 heavy (non-hydrogen) atoms. The van der Waals surface area contributed by atoms with Gasteiger partial charge < -0.3 is 4.90 Å². The van der Waals surface area contributed by atoms with Crippen molar-refractivity contribution in [1.82, 2.24) is 4.90 Å². The lowest BCUT2D eigenvalue weighted by Crippen LogP contribution is -2.30. The number of carbonyl (C=O) groups is 1. The van der Waals surface area contributed by atoms with Gasteiger partial charge in [-0.25, -0.2) is 4.99 Å². The Morgan fingerprint density at radius 1 is 0.846 bits per heavy atom. The molecule has 206 valence electrons. The van der Waals surface area contributed by atoms with E-state index in [9.17, 15) is 4.79 Å². The molecule has 0 spiro atoms. The maximum Gasteiger partial charge on any atom is 0.147 e. The standard InChI is InChI=1S/C24H30N2O.C8H8.C4H8/c1-5-13-22(18-27)23(6-2)25-19(3)26(4)24(20-14-9-7-10-15-20)21-16-11-8-12-17-21;1-2-8-6-4-3-5-7-8;1-4(2)3/h7-12,14-18,24H,5-6,13H2,1-4H3;2-7H,1H2;1H2,2-3H3/b23-22-,25-19?;;. The summed E-state index contributed by atoms with van der Waals surface area (Å²) in [7, 11) is 2.07. The van der Waals surface area contributed by atoms with E-state index in [4.69, 9.17) is 4.99 Å². The molecule has 0 aromatic heterocycles. The first-order valence-electron chi connectivity index (χ1n) is 13.6. The predicted molar refractivity (Wildman–Crippen MR) is 171 cm³/mol. The molecule has 0 saturated carbocycles. The van der Waals surface area contributed by atoms with E-state index in [1.807, 2.05) is 69.3 Å². The summed E-state index contributed by atoms with van der Waals surface area (Å²) in [5.41, 5.74) is 6.46. The zero-order chi connectivity index (χ0) is 29.0. The summed E-state index contributed by atoms with van der Waals surface area (Å²) >= 11 is 0. The molecule has 0 bridgehead atoms. The Kier molecular flexibility index (Phi) is 16.2. The summed E-state index contributed by atoms with van der Waals surface area (Å²) in [5.74, 6) is 0.903. The molecule has 3 rings (SSSR count). The lowest BCUT2D eigenvalue weighted by molar-refractivity contribution is -0.105. The van der Waals surface area contributed by atoms with Crippen LogP contribution in [0, 0.1) is 0 Å². The Morgan fingerprint density at radius 2 is 1.28 bits per heavy atom. The van der Waals surface area contributed by atoms with Crippen LogP contribution < -0.4 is 0 Å². The quantitative estimate of drug-likeness (QED) is 0.0921. The van der Waals surface area contributed by atoms with Gasteiger partial charge in [0.1, 0.15) is 12.1 Å². The highest BCUT2D eigenvalue weighted by atomic mass is 16.1. The molecule has 0 aliphatic rings. The number of amidine groups is 1. The molecule has 0 amide bonds. The number of aldehydes is 1. The molecular formula is C36H46N2O. The summed E-state index contributed by atoms with van der Waals surface area (Å²) in [6.45, 7) is 17.3. The van der Waals surface area contributed by atoms with Crippen LogP contribution in [0.3, 0.4) is 0 Å². The fourth-order valence-electron chi connectivity index (χ4n) is 3.88. The minimum atomic E-state index is 0.0695. The smallest absolute Gasteiger partial charge is 0.147 e. The van der Waals surface area contributed by atoms with Crippen molar-refractivity contribution < 1.29 is 4.79 Å². The molecule has 0 aliphatic carbocycles. The lowest BCUT2D eigenvalue weighted by Gasteiger charge is -2.31. The first-order valence-corrected chi connectivity index (χ1v) is 13.6. The Balaban J connectivity index is 0.000000522. The zero-order valence-electron chi connectivity index (χ0n) is 24.7. The largest absolute Gasteiger partial charge is 0.352 e. The van der Waals surface area contributed by atoms with Crippen LogP contribution in [0.4, 0.5) is 0 Å². The van der Waals surface area contributed by atoms with Crippen LogP contribution in [0.1, 0.15) is 76.6 Å². The fourth-order valence-corrected chi connectivity index (χ4v) is 3.88. The maximum atomic E-state index is 11.5. The van der Waals surface area contributed by atoms with E-state index in [0.29, 0.717) is 0 Å². The first kappa shape index (κ1) is 33.0. The van der Waals surface area contributed by atoms with Gasteiger partial charge in [-0.2, -0.15) is 0 Å². The zero-order valence-corrected chi connectivity index (χ0v) is 24.7. The topological polar surface area (TPSA) is 32.7 Å². The van der Waals surface area contributed by atoms with Gasteiger partial charge in [-0.1, -0.05) is 129 Å². The van der Waals surface area contributed by atoms with E-state index in [0.717, 1.165) is 42.7 Å². The molecule has 0 saturated heterocycles. The van der Waals surface area contributed by atoms with Gasteiger partial charge in [0.05, 0.1) is 6.04 Å². The number of nitrogens with zero attached hydrogens (tertiary/aromatic N) is 2. The number of hydrogen-bond acceptors (Lipinski definition) is 2. The summed E-state index contributed by atoms with van der Waals surface area (Å²) in [6.07, 6.45) is 5.26. The Morgan fingerprint density at radius 3 is 1.62 bits per heavy atom. The molecular weight excluding hydrogens is 476 g/mol. The molecule has 0 heterocycles. The number of rotatable bonds is 9. The van der Waals surface area contributed by atoms with Gasteiger partial charge in [0.2, 0.25) is 0 Å². The SMILES string of the molecule is C=C(C)C.C=Cc1ccccc1.CCC/C(C=O)=C(\CC)N=C(C)N(C)C(c1ccccc1)c1ccccc1. The molecule has 0 radical (unpaired) electrons. The number of benzene rings is 3. The predicted octanol–water partition coefficient (Wildman–Crippen LogP) is 9.70. The van der Waals surface area contributed by atoms with Crippen LogP contribution in [0.15, 0.2) is 126 Å². The minimum Gasteiger partial charge on any atom is -0.352 e. The summed E-state index contributed by atoms with van der Waals surface area (Å²) < 4.78 is 0. The molecule has 3 heteroatoms. The second-order valence-corrected chi connectivity index (χ2v) is 9.51. The highest BCUT2D eigenvalue weighted by Crippen LogP contribution is 2.28. The van der Waals surface area contributed by atoms with Gasteiger partial charge in [-0.3, -0.25) is 4.79 Å². The van der Waals surface area contributed by atoms with E-state index in [1.165, 1.54) is 22.3 Å². The second kappa shape index (κ2) is 19.1. The maximum absolute atomic E-state index is 11.5. The summed E-state index contributed by atoms with van der Waals surface area (Å²) in [4.78, 5) is 18.5. The molecule has 3 aromatic rings. The molecule has 3 aromatic carbocycles. The van der Waals surface area contributed by atoms with E-state index >= 15 is 0 Å². The van der Waals surface area contributed by atoms with Crippen molar-refractivity contribution in [3.63, 3.8) is 0 Å². The first-order chi connectivity index (χ1) is 18.8. The fraction of sp³-hybridized carbons (Fsp3) is 0.278. The third-order valence-corrected chi connectivity index (χ3v) is 5.83. The van der Waals surface area contributed by atoms with Crippen molar-refractivity contribution >= 4 is 18.2 Å². The van der Waals surface area contributed by atoms with E-state index < -0.39 is 0 Å². The minimum absolute atomic E-state index is 0.0695. The lowest BCUT2D eigenvalue weighted by atomic mass is 9.97. The molecule has 3 nitrogen and oxygen atoms in total. The Bertz CT molecular complexity index is 1130. The highest BCUT2D eigenvalue weighted by Gasteiger charge is 2.20. The van der Waals surface area contributed by atoms with Gasteiger partial charge in [-0.05, 0) is 50.3 Å². The van der Waals surface area contributed by atoms with Crippen LogP contribution in [-0.2, 0) is 4.79 Å². The third kappa shape index (κ3) is 12.4. The van der Waals surface area contributed by atoms with Gasteiger partial charge in [-0.15, -0.1) is 6.58 Å². The van der Waals surface area contributed by atoms with E-state index in [-0.39, 0.29) is 6.04 Å². The highest BCUT2D eigenvalue weighted by molar-refractivity contribution is 5.83. The normalized spacial score (nSPS) is 11.2. The summed E-state index contributed by atoms with van der Waals surface area (Å²) in [6, 6.07) is 31.0. The number of allylic oxidation sites excluding steroid dienone is 3. The molecule has 0 atom stereocenters. The van der Waals surface area contributed by atoms with Crippen molar-refractivity contribution in [3.05, 3.63) is 138 Å². The van der Waals surface area contributed by atoms with Gasteiger partial charge in [0.15, 0.2) is 0 Å². The van der Waals surface area contributed by atoms with Crippen LogP contribution >= 0.6 is 0 Å².